The fourth-order valence-corrected chi connectivity index (χ4v) is 0.697. The van der Waals surface area contributed by atoms with Gasteiger partial charge in [0, 0.05) is 0 Å². The first-order chi connectivity index (χ1) is 7.02. The van der Waals surface area contributed by atoms with Crippen molar-refractivity contribution in [2.75, 3.05) is 13.8 Å². The molecule has 0 spiro atoms. The topological polar surface area (TPSA) is 64.6 Å². The van der Waals surface area contributed by atoms with E-state index in [0.29, 0.717) is 6.42 Å². The van der Waals surface area contributed by atoms with Gasteiger partial charge in [-0.05, 0) is 20.4 Å². The van der Waals surface area contributed by atoms with Crippen molar-refractivity contribution in [2.24, 2.45) is 5.92 Å². The molecule has 0 saturated heterocycles. The van der Waals surface area contributed by atoms with Crippen LogP contribution in [0.2, 0.25) is 0 Å². The summed E-state index contributed by atoms with van der Waals surface area (Å²) in [6, 6.07) is -0.396. The number of hydrogen-bond acceptors (Lipinski definition) is 5. The number of carbonyl (C=O) groups is 2. The van der Waals surface area contributed by atoms with E-state index in [1.165, 1.54) is 0 Å². The highest BCUT2D eigenvalue weighted by atomic mass is 16.7. The van der Waals surface area contributed by atoms with Gasteiger partial charge in [-0.25, -0.2) is 0 Å². The summed E-state index contributed by atoms with van der Waals surface area (Å²) in [6.07, 6.45) is 0.708. The van der Waals surface area contributed by atoms with Gasteiger partial charge in [-0.3, -0.25) is 9.59 Å². The molecule has 5 heteroatoms. The second kappa shape index (κ2) is 9.15. The maximum absolute atomic E-state index is 11.2. The van der Waals surface area contributed by atoms with Crippen LogP contribution in [0.3, 0.4) is 0 Å². The molecule has 0 radical (unpaired) electrons. The standard InChI is InChI=1S/C10H19NO4.CH4/c1-5-7(2)9(12)14-6-15-10(13)8(3)11-4;/h7-8,11H,5-6H2,1-4H3;1H4. The number of hydrogen-bond donors (Lipinski definition) is 1. The van der Waals surface area contributed by atoms with Gasteiger partial charge in [0.2, 0.25) is 6.79 Å². The summed E-state index contributed by atoms with van der Waals surface area (Å²) in [7, 11) is 1.65. The molecule has 0 heterocycles. The Kier molecular flexibility index (Phi) is 9.89. The molecule has 1 N–H and O–H groups in total. The van der Waals surface area contributed by atoms with Gasteiger partial charge in [-0.15, -0.1) is 0 Å². The van der Waals surface area contributed by atoms with Crippen molar-refractivity contribution in [2.45, 2.75) is 40.7 Å². The van der Waals surface area contributed by atoms with Crippen LogP contribution in [0, 0.1) is 5.92 Å². The average molecular weight is 233 g/mol. The van der Waals surface area contributed by atoms with E-state index in [1.54, 1.807) is 20.9 Å². The van der Waals surface area contributed by atoms with Crippen molar-refractivity contribution in [1.29, 1.82) is 0 Å². The molecule has 0 rings (SSSR count). The first-order valence-corrected chi connectivity index (χ1v) is 5.03. The van der Waals surface area contributed by atoms with Gasteiger partial charge in [-0.2, -0.15) is 0 Å². The van der Waals surface area contributed by atoms with Gasteiger partial charge in [0.05, 0.1) is 5.92 Å². The Balaban J connectivity index is 0. The van der Waals surface area contributed by atoms with E-state index in [4.69, 9.17) is 9.47 Å². The van der Waals surface area contributed by atoms with E-state index in [2.05, 4.69) is 5.32 Å². The summed E-state index contributed by atoms with van der Waals surface area (Å²) in [5.41, 5.74) is 0. The molecule has 0 aliphatic heterocycles. The molecule has 96 valence electrons. The molecule has 2 atom stereocenters. The highest BCUT2D eigenvalue weighted by Gasteiger charge is 2.15. The predicted octanol–water partition coefficient (Wildman–Crippen LogP) is 1.32. The van der Waals surface area contributed by atoms with Gasteiger partial charge in [0.25, 0.3) is 0 Å². The highest BCUT2D eigenvalue weighted by molar-refractivity contribution is 5.75. The van der Waals surface area contributed by atoms with E-state index in [-0.39, 0.29) is 26.1 Å². The van der Waals surface area contributed by atoms with Crippen LogP contribution in [-0.2, 0) is 19.1 Å². The summed E-state index contributed by atoms with van der Waals surface area (Å²) in [5.74, 6) is -0.942. The third kappa shape index (κ3) is 6.40. The number of ether oxygens (including phenoxy) is 2. The van der Waals surface area contributed by atoms with Crippen LogP contribution in [0.5, 0.6) is 0 Å². The van der Waals surface area contributed by atoms with Crippen molar-refractivity contribution >= 4 is 11.9 Å². The van der Waals surface area contributed by atoms with Gasteiger partial charge in [0.1, 0.15) is 6.04 Å². The van der Waals surface area contributed by atoms with Gasteiger partial charge < -0.3 is 14.8 Å². The number of esters is 2. The lowest BCUT2D eigenvalue weighted by Gasteiger charge is -2.12. The molecule has 0 aromatic rings. The lowest BCUT2D eigenvalue weighted by Crippen LogP contribution is -2.33. The second-order valence-electron chi connectivity index (χ2n) is 3.36. The van der Waals surface area contributed by atoms with Crippen LogP contribution >= 0.6 is 0 Å². The summed E-state index contributed by atoms with van der Waals surface area (Å²) in [6.45, 7) is 5.01. The minimum absolute atomic E-state index is 0. The van der Waals surface area contributed by atoms with Crippen molar-refractivity contribution in [3.63, 3.8) is 0 Å². The van der Waals surface area contributed by atoms with Crippen molar-refractivity contribution in [1.82, 2.24) is 5.32 Å². The van der Waals surface area contributed by atoms with Gasteiger partial charge in [0.15, 0.2) is 0 Å². The predicted molar refractivity (Wildman–Crippen MR) is 61.8 cm³/mol. The minimum Gasteiger partial charge on any atom is -0.428 e. The van der Waals surface area contributed by atoms with E-state index < -0.39 is 12.0 Å². The van der Waals surface area contributed by atoms with Crippen LogP contribution in [0.4, 0.5) is 0 Å². The largest absolute Gasteiger partial charge is 0.428 e. The van der Waals surface area contributed by atoms with E-state index >= 15 is 0 Å². The molecule has 2 unspecified atom stereocenters. The van der Waals surface area contributed by atoms with Crippen LogP contribution in [0.1, 0.15) is 34.6 Å². The summed E-state index contributed by atoms with van der Waals surface area (Å²) >= 11 is 0. The summed E-state index contributed by atoms with van der Waals surface area (Å²) in [5, 5.41) is 2.72. The van der Waals surface area contributed by atoms with Gasteiger partial charge >= 0.3 is 11.9 Å². The van der Waals surface area contributed by atoms with Crippen LogP contribution in [0.15, 0.2) is 0 Å². The number of nitrogens with one attached hydrogen (secondary N) is 1. The van der Waals surface area contributed by atoms with E-state index in [0.717, 1.165) is 0 Å². The number of carbonyl (C=O) groups excluding carboxylic acids is 2. The Labute approximate surface area is 97.5 Å². The Morgan fingerprint density at radius 3 is 2.12 bits per heavy atom. The Hall–Kier alpha value is -1.10. The third-order valence-corrected chi connectivity index (χ3v) is 2.20. The highest BCUT2D eigenvalue weighted by Crippen LogP contribution is 2.03. The summed E-state index contributed by atoms with van der Waals surface area (Å²) in [4.78, 5) is 22.3. The van der Waals surface area contributed by atoms with Crippen LogP contribution in [-0.4, -0.2) is 31.8 Å². The molecule has 0 bridgehead atoms. The summed E-state index contributed by atoms with van der Waals surface area (Å²) < 4.78 is 9.47. The molecule has 0 aromatic heterocycles. The zero-order valence-electron chi connectivity index (χ0n) is 9.70. The molecule has 0 amide bonds. The van der Waals surface area contributed by atoms with Crippen molar-refractivity contribution in [3.05, 3.63) is 0 Å². The zero-order chi connectivity index (χ0) is 11.8. The maximum Gasteiger partial charge on any atom is 0.325 e. The van der Waals surface area contributed by atoms with Crippen LogP contribution in [0.25, 0.3) is 0 Å². The van der Waals surface area contributed by atoms with Gasteiger partial charge in [-0.1, -0.05) is 21.3 Å². The Bertz CT molecular complexity index is 196. The zero-order valence-corrected chi connectivity index (χ0v) is 9.70. The SMILES string of the molecule is C.CCC(C)C(=O)OCOC(=O)C(C)NC. The molecule has 0 aromatic carbocycles. The lowest BCUT2D eigenvalue weighted by molar-refractivity contribution is -0.170. The fraction of sp³-hybridized carbons (Fsp3) is 0.818. The Morgan fingerprint density at radius 2 is 1.69 bits per heavy atom. The number of likely N-dealkylation sites (N-methyl/N-ethyl adjacent to an activating group) is 1. The second-order valence-corrected chi connectivity index (χ2v) is 3.36. The monoisotopic (exact) mass is 233 g/mol. The van der Waals surface area contributed by atoms with Crippen molar-refractivity contribution in [3.8, 4) is 0 Å². The molecular formula is C11H23NO4. The normalized spacial score (nSPS) is 13.2. The minimum atomic E-state index is -0.436. The quantitative estimate of drug-likeness (QED) is 0.553. The molecule has 5 nitrogen and oxygen atoms in total. The third-order valence-electron chi connectivity index (χ3n) is 2.20. The molecule has 0 fully saturated rings. The van der Waals surface area contributed by atoms with E-state index in [9.17, 15) is 9.59 Å². The first kappa shape index (κ1) is 17.3. The lowest BCUT2D eigenvalue weighted by atomic mass is 10.1. The molecule has 16 heavy (non-hydrogen) atoms. The van der Waals surface area contributed by atoms with E-state index in [1.807, 2.05) is 6.92 Å². The molecule has 0 aliphatic rings. The molecular weight excluding hydrogens is 210 g/mol. The number of rotatable bonds is 6. The maximum atomic E-state index is 11.2. The van der Waals surface area contributed by atoms with Crippen LogP contribution < -0.4 is 5.32 Å². The molecule has 0 saturated carbocycles. The molecule has 0 aliphatic carbocycles. The average Bonchev–Trinajstić information content (AvgIpc) is 2.26. The smallest absolute Gasteiger partial charge is 0.325 e. The fourth-order valence-electron chi connectivity index (χ4n) is 0.697. The van der Waals surface area contributed by atoms with Crippen molar-refractivity contribution < 1.29 is 19.1 Å². The first-order valence-electron chi connectivity index (χ1n) is 5.03. The Morgan fingerprint density at radius 1 is 1.19 bits per heavy atom.